The van der Waals surface area contributed by atoms with Gasteiger partial charge in [0.25, 0.3) is 0 Å². The normalized spacial score (nSPS) is 8.00. The van der Waals surface area contributed by atoms with E-state index in [2.05, 4.69) is 16.1 Å². The molecule has 0 heterocycles. The number of carbonyl (C=O) groups excluding carboxylic acids is 2. The molecule has 0 saturated heterocycles. The summed E-state index contributed by atoms with van der Waals surface area (Å²) < 4.78 is 8.50. The molecule has 0 bridgehead atoms. The van der Waals surface area contributed by atoms with Crippen LogP contribution in [-0.2, 0) is 19.1 Å². The second kappa shape index (κ2) is 4.91. The van der Waals surface area contributed by atoms with Gasteiger partial charge >= 0.3 is 11.9 Å². The molecule has 0 amide bonds. The molecule has 5 heteroatoms. The fraction of sp³-hybridized carbons (Fsp3) is 0.286. The Labute approximate surface area is 69.2 Å². The lowest BCUT2D eigenvalue weighted by atomic mass is 10.3. The van der Waals surface area contributed by atoms with E-state index < -0.39 is 18.5 Å². The Morgan fingerprint density at radius 2 is 2.17 bits per heavy atom. The second-order valence-corrected chi connectivity index (χ2v) is 1.74. The SMILES string of the molecule is C=C(C#N)C(=O)OCC(=O)OC. The van der Waals surface area contributed by atoms with Gasteiger partial charge in [0.05, 0.1) is 7.11 Å². The number of esters is 2. The molecule has 0 spiro atoms. The summed E-state index contributed by atoms with van der Waals surface area (Å²) in [6.07, 6.45) is 0. The predicted molar refractivity (Wildman–Crippen MR) is 37.7 cm³/mol. The Bertz CT molecular complexity index is 251. The number of nitriles is 1. The lowest BCUT2D eigenvalue weighted by Gasteiger charge is -1.99. The van der Waals surface area contributed by atoms with Crippen LogP contribution in [0.2, 0.25) is 0 Å². The molecule has 0 radical (unpaired) electrons. The number of rotatable bonds is 3. The molecule has 0 saturated carbocycles. The van der Waals surface area contributed by atoms with Crippen LogP contribution in [0.1, 0.15) is 0 Å². The van der Waals surface area contributed by atoms with Crippen molar-refractivity contribution in [1.29, 1.82) is 5.26 Å². The summed E-state index contributed by atoms with van der Waals surface area (Å²) >= 11 is 0. The summed E-state index contributed by atoms with van der Waals surface area (Å²) in [5.41, 5.74) is -0.348. The van der Waals surface area contributed by atoms with Crippen molar-refractivity contribution < 1.29 is 19.1 Å². The molecule has 0 N–H and O–H groups in total. The van der Waals surface area contributed by atoms with Crippen molar-refractivity contribution in [1.82, 2.24) is 0 Å². The third-order valence-corrected chi connectivity index (χ3v) is 0.930. The maximum absolute atomic E-state index is 10.6. The molecule has 0 unspecified atom stereocenters. The van der Waals surface area contributed by atoms with Gasteiger partial charge in [-0.2, -0.15) is 5.26 Å². The highest BCUT2D eigenvalue weighted by Crippen LogP contribution is 1.91. The molecule has 0 aromatic rings. The molecular formula is C7H7NO4. The Morgan fingerprint density at radius 3 is 2.58 bits per heavy atom. The zero-order valence-corrected chi connectivity index (χ0v) is 6.49. The Morgan fingerprint density at radius 1 is 1.58 bits per heavy atom. The van der Waals surface area contributed by atoms with Gasteiger partial charge in [-0.3, -0.25) is 0 Å². The first-order chi connectivity index (χ1) is 5.61. The summed E-state index contributed by atoms with van der Waals surface area (Å²) in [6, 6.07) is 1.49. The van der Waals surface area contributed by atoms with Gasteiger partial charge in [-0.15, -0.1) is 0 Å². The number of ether oxygens (including phenoxy) is 2. The molecule has 12 heavy (non-hydrogen) atoms. The van der Waals surface area contributed by atoms with E-state index in [0.29, 0.717) is 0 Å². The van der Waals surface area contributed by atoms with Gasteiger partial charge in [-0.25, -0.2) is 9.59 Å². The van der Waals surface area contributed by atoms with Gasteiger partial charge in [0, 0.05) is 0 Å². The molecule has 0 rings (SSSR count). The molecule has 0 atom stereocenters. The minimum Gasteiger partial charge on any atom is -0.466 e. The highest BCUT2D eigenvalue weighted by molar-refractivity contribution is 5.93. The first-order valence-corrected chi connectivity index (χ1v) is 2.94. The molecule has 0 aliphatic rings. The van der Waals surface area contributed by atoms with Gasteiger partial charge in [0.15, 0.2) is 6.61 Å². The van der Waals surface area contributed by atoms with E-state index in [-0.39, 0.29) is 5.57 Å². The van der Waals surface area contributed by atoms with Crippen molar-refractivity contribution in [3.05, 3.63) is 12.2 Å². The van der Waals surface area contributed by atoms with Crippen molar-refractivity contribution in [2.75, 3.05) is 13.7 Å². The fourth-order valence-electron chi connectivity index (χ4n) is 0.316. The molecule has 0 aliphatic heterocycles. The molecule has 0 aromatic heterocycles. The van der Waals surface area contributed by atoms with E-state index >= 15 is 0 Å². The van der Waals surface area contributed by atoms with Crippen LogP contribution in [-0.4, -0.2) is 25.7 Å². The zero-order chi connectivity index (χ0) is 9.56. The van der Waals surface area contributed by atoms with Crippen LogP contribution in [0.15, 0.2) is 12.2 Å². The van der Waals surface area contributed by atoms with Crippen molar-refractivity contribution >= 4 is 11.9 Å². The fourth-order valence-corrected chi connectivity index (χ4v) is 0.316. The average molecular weight is 169 g/mol. The number of nitrogens with zero attached hydrogens (tertiary/aromatic N) is 1. The number of hydrogen-bond acceptors (Lipinski definition) is 5. The Balaban J connectivity index is 3.82. The predicted octanol–water partition coefficient (Wildman–Crippen LogP) is -0.218. The van der Waals surface area contributed by atoms with Gasteiger partial charge in [-0.05, 0) is 0 Å². The van der Waals surface area contributed by atoms with E-state index in [1.54, 1.807) is 0 Å². The van der Waals surface area contributed by atoms with Crippen molar-refractivity contribution in [2.45, 2.75) is 0 Å². The Kier molecular flexibility index (Phi) is 4.16. The van der Waals surface area contributed by atoms with Crippen LogP contribution in [0.4, 0.5) is 0 Å². The van der Waals surface area contributed by atoms with E-state index in [1.165, 1.54) is 6.07 Å². The Hall–Kier alpha value is -1.83. The molecule has 0 aromatic carbocycles. The van der Waals surface area contributed by atoms with Crippen LogP contribution < -0.4 is 0 Å². The van der Waals surface area contributed by atoms with Crippen LogP contribution in [0, 0.1) is 11.3 Å². The van der Waals surface area contributed by atoms with E-state index in [4.69, 9.17) is 5.26 Å². The molecule has 0 fully saturated rings. The molecular weight excluding hydrogens is 162 g/mol. The molecule has 0 aliphatic carbocycles. The monoisotopic (exact) mass is 169 g/mol. The quantitative estimate of drug-likeness (QED) is 0.331. The highest BCUT2D eigenvalue weighted by atomic mass is 16.6. The number of hydrogen-bond donors (Lipinski definition) is 0. The first kappa shape index (κ1) is 10.2. The zero-order valence-electron chi connectivity index (χ0n) is 6.49. The lowest BCUT2D eigenvalue weighted by Crippen LogP contribution is -2.15. The third kappa shape index (κ3) is 3.37. The van der Waals surface area contributed by atoms with Crippen LogP contribution in [0.3, 0.4) is 0 Å². The van der Waals surface area contributed by atoms with E-state index in [1.807, 2.05) is 0 Å². The largest absolute Gasteiger partial charge is 0.466 e. The van der Waals surface area contributed by atoms with E-state index in [9.17, 15) is 9.59 Å². The average Bonchev–Trinajstić information content (AvgIpc) is 2.11. The highest BCUT2D eigenvalue weighted by Gasteiger charge is 2.09. The van der Waals surface area contributed by atoms with Gasteiger partial charge in [0.2, 0.25) is 0 Å². The van der Waals surface area contributed by atoms with Gasteiger partial charge < -0.3 is 9.47 Å². The molecule has 5 nitrogen and oxygen atoms in total. The lowest BCUT2D eigenvalue weighted by molar-refractivity contribution is -0.154. The second-order valence-electron chi connectivity index (χ2n) is 1.74. The van der Waals surface area contributed by atoms with Gasteiger partial charge in [-0.1, -0.05) is 6.58 Å². The van der Waals surface area contributed by atoms with Gasteiger partial charge in [0.1, 0.15) is 11.6 Å². The van der Waals surface area contributed by atoms with E-state index in [0.717, 1.165) is 7.11 Å². The molecule has 64 valence electrons. The van der Waals surface area contributed by atoms with Crippen molar-refractivity contribution in [3.8, 4) is 6.07 Å². The van der Waals surface area contributed by atoms with Crippen molar-refractivity contribution in [3.63, 3.8) is 0 Å². The summed E-state index contributed by atoms with van der Waals surface area (Å²) in [5.74, 6) is -1.60. The van der Waals surface area contributed by atoms with Crippen LogP contribution >= 0.6 is 0 Å². The maximum Gasteiger partial charge on any atom is 0.348 e. The minimum atomic E-state index is -0.914. The van der Waals surface area contributed by atoms with Crippen molar-refractivity contribution in [2.24, 2.45) is 0 Å². The number of methoxy groups -OCH3 is 1. The third-order valence-electron chi connectivity index (χ3n) is 0.930. The topological polar surface area (TPSA) is 76.4 Å². The minimum absolute atomic E-state index is 0.348. The van der Waals surface area contributed by atoms with Crippen LogP contribution in [0.5, 0.6) is 0 Å². The summed E-state index contributed by atoms with van der Waals surface area (Å²) in [5, 5.41) is 8.16. The smallest absolute Gasteiger partial charge is 0.348 e. The summed E-state index contributed by atoms with van der Waals surface area (Å²) in [6.45, 7) is 2.59. The number of carbonyl (C=O) groups is 2. The first-order valence-electron chi connectivity index (χ1n) is 2.94. The van der Waals surface area contributed by atoms with Crippen LogP contribution in [0.25, 0.3) is 0 Å². The standard InChI is InChI=1S/C7H7NO4/c1-5(3-8)7(10)12-4-6(9)11-2/h1,4H2,2H3. The summed E-state index contributed by atoms with van der Waals surface area (Å²) in [4.78, 5) is 21.1. The summed E-state index contributed by atoms with van der Waals surface area (Å²) in [7, 11) is 1.16. The maximum atomic E-state index is 10.6.